The molecule has 0 aliphatic carbocycles. The number of anilines is 2. The average molecular weight is 472 g/mol. The highest BCUT2D eigenvalue weighted by atomic mass is 32.2. The quantitative estimate of drug-likeness (QED) is 0.685. The topological polar surface area (TPSA) is 78.0 Å². The van der Waals surface area contributed by atoms with Crippen LogP contribution < -0.4 is 9.80 Å². The summed E-state index contributed by atoms with van der Waals surface area (Å²) in [5.74, 6) is -0.127. The van der Waals surface area contributed by atoms with Gasteiger partial charge in [0.25, 0.3) is 0 Å². The maximum Gasteiger partial charge on any atom is 0.247 e. The Balaban J connectivity index is 1.46. The van der Waals surface area contributed by atoms with Gasteiger partial charge in [0.15, 0.2) is 0 Å². The third-order valence-corrected chi connectivity index (χ3v) is 9.29. The highest BCUT2D eigenvalue weighted by Crippen LogP contribution is 2.38. The van der Waals surface area contributed by atoms with Gasteiger partial charge in [0.2, 0.25) is 21.8 Å². The number of nitrogens with zero attached hydrogens (tertiary/aromatic N) is 3. The molecule has 0 aromatic heterocycles. The van der Waals surface area contributed by atoms with Crippen molar-refractivity contribution in [3.05, 3.63) is 48.0 Å². The number of hydrogen-bond donors (Lipinski definition) is 0. The molecule has 32 heavy (non-hydrogen) atoms. The summed E-state index contributed by atoms with van der Waals surface area (Å²) in [6, 6.07) is 12.7. The Morgan fingerprint density at radius 1 is 1.09 bits per heavy atom. The lowest BCUT2D eigenvalue weighted by atomic mass is 10.1. The fourth-order valence-corrected chi connectivity index (χ4v) is 7.20. The molecule has 0 radical (unpaired) electrons. The fraction of sp³-hybridized carbons (Fsp3) is 0.391. The Kier molecular flexibility index (Phi) is 5.51. The van der Waals surface area contributed by atoms with Crippen LogP contribution in [0.5, 0.6) is 0 Å². The van der Waals surface area contributed by atoms with Gasteiger partial charge in [0.05, 0.1) is 16.3 Å². The molecule has 3 heterocycles. The van der Waals surface area contributed by atoms with E-state index in [-0.39, 0.29) is 35.0 Å². The summed E-state index contributed by atoms with van der Waals surface area (Å²) in [6.07, 6.45) is 2.49. The molecule has 0 bridgehead atoms. The van der Waals surface area contributed by atoms with Crippen LogP contribution in [-0.2, 0) is 26.0 Å². The lowest BCUT2D eigenvalue weighted by Gasteiger charge is -2.32. The molecule has 5 rings (SSSR count). The van der Waals surface area contributed by atoms with E-state index in [0.717, 1.165) is 35.4 Å². The minimum atomic E-state index is -3.62. The van der Waals surface area contributed by atoms with E-state index in [1.54, 1.807) is 23.1 Å². The molecule has 3 aliphatic heterocycles. The van der Waals surface area contributed by atoms with E-state index in [1.807, 2.05) is 31.2 Å². The van der Waals surface area contributed by atoms with Gasteiger partial charge in [-0.1, -0.05) is 18.2 Å². The van der Waals surface area contributed by atoms with Gasteiger partial charge in [0.1, 0.15) is 6.54 Å². The van der Waals surface area contributed by atoms with Gasteiger partial charge in [-0.2, -0.15) is 4.31 Å². The van der Waals surface area contributed by atoms with Gasteiger partial charge >= 0.3 is 0 Å². The van der Waals surface area contributed by atoms with E-state index in [1.165, 1.54) is 21.0 Å². The van der Waals surface area contributed by atoms with Crippen LogP contribution in [0.2, 0.25) is 0 Å². The maximum atomic E-state index is 13.3. The molecule has 0 saturated carbocycles. The molecule has 1 fully saturated rings. The summed E-state index contributed by atoms with van der Waals surface area (Å²) in [4.78, 5) is 30.4. The van der Waals surface area contributed by atoms with Gasteiger partial charge in [-0.05, 0) is 56.0 Å². The van der Waals surface area contributed by atoms with Crippen molar-refractivity contribution in [2.24, 2.45) is 0 Å². The Hall–Kier alpha value is -2.36. The van der Waals surface area contributed by atoms with Crippen LogP contribution in [0.25, 0.3) is 0 Å². The number of para-hydroxylation sites is 1. The maximum absolute atomic E-state index is 13.3. The number of sulfonamides is 1. The molecule has 2 aromatic rings. The molecule has 0 spiro atoms. The first-order valence-corrected chi connectivity index (χ1v) is 13.3. The minimum Gasteiger partial charge on any atom is -0.307 e. The van der Waals surface area contributed by atoms with Crippen LogP contribution in [0, 0.1) is 0 Å². The van der Waals surface area contributed by atoms with Crippen molar-refractivity contribution in [2.45, 2.75) is 42.0 Å². The summed E-state index contributed by atoms with van der Waals surface area (Å²) in [5, 5.41) is 0. The average Bonchev–Trinajstić information content (AvgIpc) is 3.43. The summed E-state index contributed by atoms with van der Waals surface area (Å²) >= 11 is 1.38. The second-order valence-corrected chi connectivity index (χ2v) is 11.4. The number of carbonyl (C=O) groups excluding carboxylic acids is 2. The normalized spacial score (nSPS) is 21.0. The number of fused-ring (bicyclic) bond motifs is 2. The summed E-state index contributed by atoms with van der Waals surface area (Å²) < 4.78 is 27.6. The third-order valence-electron chi connectivity index (χ3n) is 6.35. The van der Waals surface area contributed by atoms with Gasteiger partial charge in [-0.3, -0.25) is 9.59 Å². The predicted molar refractivity (Wildman–Crippen MR) is 125 cm³/mol. The number of hydrogen-bond acceptors (Lipinski definition) is 5. The number of benzene rings is 2. The SMILES string of the molecule is C[C@@H]1Cc2ccccc2N1C(=O)CN1C(=O)CSc2ccc(S(=O)(=O)N3CCCC3)cc21. The van der Waals surface area contributed by atoms with Gasteiger partial charge in [-0.15, -0.1) is 11.8 Å². The highest BCUT2D eigenvalue weighted by molar-refractivity contribution is 8.00. The molecule has 2 amide bonds. The van der Waals surface area contributed by atoms with Crippen LogP contribution >= 0.6 is 11.8 Å². The lowest BCUT2D eigenvalue weighted by molar-refractivity contribution is -0.121. The van der Waals surface area contributed by atoms with Crippen molar-refractivity contribution in [1.82, 2.24) is 4.31 Å². The van der Waals surface area contributed by atoms with E-state index < -0.39 is 10.0 Å². The first-order valence-electron chi connectivity index (χ1n) is 10.8. The Morgan fingerprint density at radius 3 is 2.62 bits per heavy atom. The molecule has 168 valence electrons. The zero-order chi connectivity index (χ0) is 22.5. The highest BCUT2D eigenvalue weighted by Gasteiger charge is 2.35. The Bertz CT molecular complexity index is 1190. The molecule has 3 aliphatic rings. The van der Waals surface area contributed by atoms with E-state index in [0.29, 0.717) is 18.8 Å². The standard InChI is InChI=1S/C23H25N3O4S2/c1-16-12-17-6-2-3-7-19(17)26(16)22(27)14-25-20-13-18(8-9-21(20)31-15-23(25)28)32(29,30)24-10-4-5-11-24/h2-3,6-9,13,16H,4-5,10-12,14-15H2,1H3/t16-/m1/s1. The first-order chi connectivity index (χ1) is 15.4. The summed E-state index contributed by atoms with van der Waals surface area (Å²) in [7, 11) is -3.62. The van der Waals surface area contributed by atoms with Crippen molar-refractivity contribution < 1.29 is 18.0 Å². The summed E-state index contributed by atoms with van der Waals surface area (Å²) in [5.41, 5.74) is 2.50. The smallest absolute Gasteiger partial charge is 0.247 e. The van der Waals surface area contributed by atoms with E-state index in [2.05, 4.69) is 0 Å². The van der Waals surface area contributed by atoms with Crippen molar-refractivity contribution >= 4 is 45.0 Å². The molecule has 2 aromatic carbocycles. The number of thioether (sulfide) groups is 1. The molecular formula is C23H25N3O4S2. The van der Waals surface area contributed by atoms with Gasteiger partial charge in [-0.25, -0.2) is 8.42 Å². The molecular weight excluding hydrogens is 446 g/mol. The zero-order valence-electron chi connectivity index (χ0n) is 17.9. The summed E-state index contributed by atoms with van der Waals surface area (Å²) in [6.45, 7) is 2.92. The van der Waals surface area contributed by atoms with Crippen LogP contribution in [0.3, 0.4) is 0 Å². The van der Waals surface area contributed by atoms with E-state index in [4.69, 9.17) is 0 Å². The molecule has 7 nitrogen and oxygen atoms in total. The first kappa shape index (κ1) is 21.5. The second-order valence-electron chi connectivity index (χ2n) is 8.45. The van der Waals surface area contributed by atoms with Gasteiger partial charge < -0.3 is 9.80 Å². The van der Waals surface area contributed by atoms with Crippen molar-refractivity contribution in [3.8, 4) is 0 Å². The van der Waals surface area contributed by atoms with Crippen molar-refractivity contribution in [1.29, 1.82) is 0 Å². The Morgan fingerprint density at radius 2 is 1.84 bits per heavy atom. The molecule has 1 saturated heterocycles. The predicted octanol–water partition coefficient (Wildman–Crippen LogP) is 2.89. The van der Waals surface area contributed by atoms with Crippen LogP contribution in [0.15, 0.2) is 52.3 Å². The molecule has 0 N–H and O–H groups in total. The Labute approximate surface area is 192 Å². The third kappa shape index (κ3) is 3.62. The lowest BCUT2D eigenvalue weighted by Crippen LogP contribution is -2.46. The number of carbonyl (C=O) groups is 2. The van der Waals surface area contributed by atoms with E-state index in [9.17, 15) is 18.0 Å². The van der Waals surface area contributed by atoms with E-state index >= 15 is 0 Å². The number of amides is 2. The van der Waals surface area contributed by atoms with Crippen LogP contribution in [-0.4, -0.2) is 56.0 Å². The van der Waals surface area contributed by atoms with Crippen LogP contribution in [0.1, 0.15) is 25.3 Å². The monoisotopic (exact) mass is 471 g/mol. The second kappa shape index (κ2) is 8.20. The number of rotatable bonds is 4. The zero-order valence-corrected chi connectivity index (χ0v) is 19.5. The molecule has 9 heteroatoms. The largest absolute Gasteiger partial charge is 0.307 e. The minimum absolute atomic E-state index is 0.00974. The van der Waals surface area contributed by atoms with Crippen molar-refractivity contribution in [2.75, 3.05) is 35.2 Å². The van der Waals surface area contributed by atoms with Gasteiger partial charge in [0, 0.05) is 29.7 Å². The van der Waals surface area contributed by atoms with Crippen molar-refractivity contribution in [3.63, 3.8) is 0 Å². The fourth-order valence-electron chi connectivity index (χ4n) is 4.75. The molecule has 0 unspecified atom stereocenters. The molecule has 1 atom stereocenters. The van der Waals surface area contributed by atoms with Crippen LogP contribution in [0.4, 0.5) is 11.4 Å².